The molecule has 0 radical (unpaired) electrons. The zero-order valence-electron chi connectivity index (χ0n) is 3.53. The van der Waals surface area contributed by atoms with Gasteiger partial charge in [-0.3, -0.25) is 0 Å². The van der Waals surface area contributed by atoms with Crippen LogP contribution in [0.3, 0.4) is 0 Å². The van der Waals surface area contributed by atoms with E-state index >= 15 is 0 Å². The zero-order valence-corrected chi connectivity index (χ0v) is 6.50. The van der Waals surface area contributed by atoms with Crippen molar-refractivity contribution in [2.75, 3.05) is 0 Å². The largest absolute Gasteiger partial charge is 2.00 e. The molecule has 0 spiro atoms. The van der Waals surface area contributed by atoms with Crippen LogP contribution in [0.4, 0.5) is 0 Å². The number of hydrogen-bond donors (Lipinski definition) is 2. The van der Waals surface area contributed by atoms with Crippen LogP contribution in [-0.4, -0.2) is 10.3 Å². The molecule has 0 unspecified atom stereocenters. The van der Waals surface area contributed by atoms with E-state index in [4.69, 9.17) is 15.4 Å². The van der Waals surface area contributed by atoms with E-state index in [1.807, 2.05) is 0 Å². The quantitative estimate of drug-likeness (QED) is 0.240. The van der Waals surface area contributed by atoms with E-state index in [2.05, 4.69) is 4.99 Å². The van der Waals surface area contributed by atoms with Crippen molar-refractivity contribution in [1.82, 2.24) is 6.15 Å². The predicted molar refractivity (Wildman–Crippen MR) is 15.7 cm³/mol. The second-order valence-electron chi connectivity index (χ2n) is 0.305. The predicted octanol–water partition coefficient (Wildman–Crippen LogP) is -0.173. The van der Waals surface area contributed by atoms with Crippen LogP contribution in [0.25, 0.3) is 0 Å². The monoisotopic (exact) mass is 160 g/mol. The Kier molecular flexibility index (Phi) is 20.9. The molecule has 38 valence electrons. The van der Waals surface area contributed by atoms with E-state index in [1.165, 1.54) is 0 Å². The molecule has 4 N–H and O–H groups in total. The normalized spacial score (nSPS) is 4.71. The Morgan fingerprint density at radius 1 is 1.71 bits per heavy atom. The van der Waals surface area contributed by atoms with Gasteiger partial charge >= 0.3 is 24.6 Å². The van der Waals surface area contributed by atoms with E-state index in [-0.39, 0.29) is 25.6 Å². The Morgan fingerprint density at radius 2 is 1.86 bits per heavy atom. The van der Waals surface area contributed by atoms with Crippen LogP contribution in [0.2, 0.25) is 0 Å². The van der Waals surface area contributed by atoms with Crippen molar-refractivity contribution in [2.24, 2.45) is 0 Å². The van der Waals surface area contributed by atoms with E-state index < -0.39 is 5.09 Å². The maximum Gasteiger partial charge on any atom is 2.00 e. The second-order valence-corrected chi connectivity index (χ2v) is 0.305. The van der Waals surface area contributed by atoms with Crippen LogP contribution in [0.15, 0.2) is 0 Å². The van der Waals surface area contributed by atoms with Crippen LogP contribution < -0.4 is 6.15 Å². The summed E-state index contributed by atoms with van der Waals surface area (Å²) in [7, 11) is 0. The van der Waals surface area contributed by atoms with Gasteiger partial charge in [0.15, 0.2) is 0 Å². The second kappa shape index (κ2) is 9.22. The summed E-state index contributed by atoms with van der Waals surface area (Å²) in [6.07, 6.45) is 0. The molecule has 7 heavy (non-hydrogen) atoms. The standard InChI is InChI=1S/HNO4.H3N.Zn/c2-1(3)5-4;;/h4H;1H3;/q;;+2. The molecule has 0 heterocycles. The first-order valence-electron chi connectivity index (χ1n) is 0.730. The molecule has 6 nitrogen and oxygen atoms in total. The topological polar surface area (TPSA) is 108 Å². The fraction of sp³-hybridized carbons (Fsp3) is 0. The van der Waals surface area contributed by atoms with Crippen molar-refractivity contribution in [3.63, 3.8) is 0 Å². The first kappa shape index (κ1) is 15.9. The number of rotatable bonds is 1. The number of hydrogen-bond acceptors (Lipinski definition) is 5. The minimum Gasteiger partial charge on any atom is -0.344 e. The van der Waals surface area contributed by atoms with Crippen LogP contribution in [0.5, 0.6) is 0 Å². The molecule has 0 saturated heterocycles. The Hall–Kier alpha value is -0.257. The van der Waals surface area contributed by atoms with Crippen LogP contribution >= 0.6 is 0 Å². The molecule has 0 aliphatic heterocycles. The summed E-state index contributed by atoms with van der Waals surface area (Å²) in [5, 5.41) is 14.3. The summed E-state index contributed by atoms with van der Waals surface area (Å²) in [6.45, 7) is 0. The van der Waals surface area contributed by atoms with Gasteiger partial charge in [0.1, 0.15) is 0 Å². The van der Waals surface area contributed by atoms with Crippen molar-refractivity contribution in [3.8, 4) is 0 Å². The summed E-state index contributed by atoms with van der Waals surface area (Å²) in [4.78, 5) is 11.2. The average Bonchev–Trinajstić information content (AvgIpc) is 1.38. The maximum atomic E-state index is 8.70. The summed E-state index contributed by atoms with van der Waals surface area (Å²) in [5.41, 5.74) is 0. The van der Waals surface area contributed by atoms with Gasteiger partial charge in [0, 0.05) is 0 Å². The molecule has 7 heteroatoms. The fourth-order valence-corrected chi connectivity index (χ4v) is 0. The van der Waals surface area contributed by atoms with Crippen molar-refractivity contribution in [2.45, 2.75) is 0 Å². The van der Waals surface area contributed by atoms with E-state index in [0.29, 0.717) is 0 Å². The van der Waals surface area contributed by atoms with Gasteiger partial charge < -0.3 is 6.15 Å². The Morgan fingerprint density at radius 3 is 1.86 bits per heavy atom. The molecule has 0 saturated carbocycles. The molecule has 0 aromatic carbocycles. The Balaban J connectivity index is -0.0000000800. The van der Waals surface area contributed by atoms with Gasteiger partial charge in [-0.1, -0.05) is 0 Å². The van der Waals surface area contributed by atoms with Crippen molar-refractivity contribution in [1.29, 1.82) is 0 Å². The van der Waals surface area contributed by atoms with Crippen molar-refractivity contribution in [3.05, 3.63) is 10.1 Å². The first-order valence-corrected chi connectivity index (χ1v) is 0.730. The van der Waals surface area contributed by atoms with Crippen molar-refractivity contribution >= 4 is 0 Å². The Bertz CT molecular complexity index is 45.0. The molecule has 0 fully saturated rings. The zero-order chi connectivity index (χ0) is 4.28. The molecule has 0 aliphatic carbocycles. The van der Waals surface area contributed by atoms with Gasteiger partial charge in [0.2, 0.25) is 0 Å². The van der Waals surface area contributed by atoms with Gasteiger partial charge in [0.25, 0.3) is 0 Å². The van der Waals surface area contributed by atoms with Crippen LogP contribution in [0.1, 0.15) is 0 Å². The third-order valence-corrected chi connectivity index (χ3v) is 0.0667. The van der Waals surface area contributed by atoms with Crippen LogP contribution in [-0.2, 0) is 24.5 Å². The molecule has 0 aromatic rings. The Labute approximate surface area is 51.8 Å². The first-order chi connectivity index (χ1) is 2.27. The minimum atomic E-state index is -1.32. The van der Waals surface area contributed by atoms with Gasteiger partial charge in [-0.15, -0.1) is 15.1 Å². The molecule has 0 atom stereocenters. The summed E-state index contributed by atoms with van der Waals surface area (Å²) >= 11 is 0. The van der Waals surface area contributed by atoms with Crippen LogP contribution in [0, 0.1) is 10.1 Å². The molecule has 0 rings (SSSR count). The number of nitrogens with zero attached hydrogens (tertiary/aromatic N) is 1. The molecule has 0 bridgehead atoms. The average molecular weight is 161 g/mol. The minimum absolute atomic E-state index is 0. The summed E-state index contributed by atoms with van der Waals surface area (Å²) < 4.78 is 0. The van der Waals surface area contributed by atoms with Gasteiger partial charge in [-0.05, 0) is 0 Å². The van der Waals surface area contributed by atoms with Gasteiger partial charge in [-0.2, -0.15) is 0 Å². The third-order valence-electron chi connectivity index (χ3n) is 0.0667. The smallest absolute Gasteiger partial charge is 0.344 e. The maximum absolute atomic E-state index is 8.70. The van der Waals surface area contributed by atoms with E-state index in [0.717, 1.165) is 0 Å². The fourth-order valence-electron chi connectivity index (χ4n) is 0. The molecule has 0 amide bonds. The molecule has 0 aromatic heterocycles. The summed E-state index contributed by atoms with van der Waals surface area (Å²) in [6, 6.07) is 0. The molecule has 0 aliphatic rings. The molecular weight excluding hydrogens is 157 g/mol. The van der Waals surface area contributed by atoms with Gasteiger partial charge in [-0.25, -0.2) is 5.26 Å². The SMILES string of the molecule is N.O=[N+]([O-])OO.[Zn+2]. The van der Waals surface area contributed by atoms with Crippen molar-refractivity contribution < 1.29 is 34.8 Å². The van der Waals surface area contributed by atoms with E-state index in [9.17, 15) is 0 Å². The summed E-state index contributed by atoms with van der Waals surface area (Å²) in [5.74, 6) is 0. The molecular formula is H4N2O4Zn+2. The van der Waals surface area contributed by atoms with E-state index in [1.54, 1.807) is 0 Å². The third kappa shape index (κ3) is 26.5. The van der Waals surface area contributed by atoms with Gasteiger partial charge in [0.05, 0.1) is 0 Å².